The van der Waals surface area contributed by atoms with Gasteiger partial charge in [0.1, 0.15) is 13.2 Å². The first-order chi connectivity index (χ1) is 35.0. The molecule has 0 aromatic carbocycles. The largest absolute Gasteiger partial charge is 0.462 e. The van der Waals surface area contributed by atoms with E-state index in [2.05, 4.69) is 106 Å². The lowest BCUT2D eigenvalue weighted by Gasteiger charge is -2.18. The predicted molar refractivity (Wildman–Crippen MR) is 307 cm³/mol. The van der Waals surface area contributed by atoms with Crippen LogP contribution in [0.25, 0.3) is 0 Å². The van der Waals surface area contributed by atoms with Gasteiger partial charge in [-0.2, -0.15) is 0 Å². The quantitative estimate of drug-likeness (QED) is 0.0261. The van der Waals surface area contributed by atoms with Crippen molar-refractivity contribution in [3.05, 3.63) is 85.1 Å². The van der Waals surface area contributed by atoms with Gasteiger partial charge in [0.2, 0.25) is 0 Å². The van der Waals surface area contributed by atoms with Gasteiger partial charge < -0.3 is 14.2 Å². The first-order valence-electron chi connectivity index (χ1n) is 30.1. The fourth-order valence-corrected chi connectivity index (χ4v) is 8.35. The predicted octanol–water partition coefficient (Wildman–Crippen LogP) is 20.3. The Morgan fingerprint density at radius 3 is 0.930 bits per heavy atom. The van der Waals surface area contributed by atoms with Gasteiger partial charge in [0, 0.05) is 19.3 Å². The number of hydrogen-bond donors (Lipinski definition) is 0. The first-order valence-corrected chi connectivity index (χ1v) is 30.1. The molecule has 0 rings (SSSR count). The van der Waals surface area contributed by atoms with Crippen LogP contribution in [0.3, 0.4) is 0 Å². The summed E-state index contributed by atoms with van der Waals surface area (Å²) in [5, 5.41) is 0. The van der Waals surface area contributed by atoms with Crippen molar-refractivity contribution in [3.63, 3.8) is 0 Å². The zero-order valence-corrected chi connectivity index (χ0v) is 46.7. The van der Waals surface area contributed by atoms with Gasteiger partial charge in [0.25, 0.3) is 0 Å². The van der Waals surface area contributed by atoms with Crippen LogP contribution < -0.4 is 0 Å². The second-order valence-corrected chi connectivity index (χ2v) is 19.9. The maximum absolute atomic E-state index is 12.8. The van der Waals surface area contributed by atoms with Crippen LogP contribution in [0.1, 0.15) is 290 Å². The molecule has 0 fully saturated rings. The molecule has 6 nitrogen and oxygen atoms in total. The summed E-state index contributed by atoms with van der Waals surface area (Å²) in [5.74, 6) is -0.901. The fourth-order valence-electron chi connectivity index (χ4n) is 8.35. The van der Waals surface area contributed by atoms with Gasteiger partial charge in [-0.3, -0.25) is 14.4 Å². The molecule has 0 aliphatic heterocycles. The lowest BCUT2D eigenvalue weighted by atomic mass is 10.0. The number of ether oxygens (including phenoxy) is 3. The Labute approximate surface area is 439 Å². The van der Waals surface area contributed by atoms with Gasteiger partial charge in [-0.05, 0) is 109 Å². The van der Waals surface area contributed by atoms with Crippen molar-refractivity contribution >= 4 is 17.9 Å². The molecule has 0 amide bonds. The molecule has 0 aromatic heterocycles. The molecule has 6 heteroatoms. The van der Waals surface area contributed by atoms with Crippen LogP contribution in [0.2, 0.25) is 0 Å². The van der Waals surface area contributed by atoms with Gasteiger partial charge in [-0.15, -0.1) is 0 Å². The molecule has 0 bridgehead atoms. The zero-order valence-electron chi connectivity index (χ0n) is 46.7. The molecule has 1 unspecified atom stereocenters. The summed E-state index contributed by atoms with van der Waals surface area (Å²) in [5.41, 5.74) is 0. The minimum absolute atomic E-state index is 0.0837. The minimum Gasteiger partial charge on any atom is -0.462 e. The van der Waals surface area contributed by atoms with Crippen molar-refractivity contribution in [2.24, 2.45) is 0 Å². The Bertz CT molecular complexity index is 1370. The van der Waals surface area contributed by atoms with E-state index >= 15 is 0 Å². The summed E-state index contributed by atoms with van der Waals surface area (Å²) in [4.78, 5) is 38.1. The lowest BCUT2D eigenvalue weighted by Crippen LogP contribution is -2.30. The van der Waals surface area contributed by atoms with E-state index in [1.807, 2.05) is 0 Å². The monoisotopic (exact) mass is 989 g/mol. The number of unbranched alkanes of at least 4 members (excludes halogenated alkanes) is 29. The van der Waals surface area contributed by atoms with Gasteiger partial charge >= 0.3 is 17.9 Å². The number of allylic oxidation sites excluding steroid dienone is 14. The number of carbonyl (C=O) groups is 3. The third-order valence-electron chi connectivity index (χ3n) is 12.8. The molecule has 0 saturated heterocycles. The molecule has 0 spiro atoms. The van der Waals surface area contributed by atoms with Gasteiger partial charge in [-0.1, -0.05) is 247 Å². The Morgan fingerprint density at radius 2 is 0.577 bits per heavy atom. The van der Waals surface area contributed by atoms with E-state index < -0.39 is 6.10 Å². The second-order valence-electron chi connectivity index (χ2n) is 19.9. The average molecular weight is 990 g/mol. The number of rotatable bonds is 54. The number of esters is 3. The molecule has 408 valence electrons. The molecule has 0 N–H and O–H groups in total. The van der Waals surface area contributed by atoms with Crippen molar-refractivity contribution in [1.82, 2.24) is 0 Å². The maximum Gasteiger partial charge on any atom is 0.306 e. The molecule has 71 heavy (non-hydrogen) atoms. The summed E-state index contributed by atoms with van der Waals surface area (Å²) in [6.45, 7) is 6.44. The summed E-state index contributed by atoms with van der Waals surface area (Å²) >= 11 is 0. The molecule has 0 saturated carbocycles. The standard InChI is InChI=1S/C65H112O6/c1-4-7-10-13-16-19-22-25-26-27-28-29-30-31-32-33-34-35-36-37-38-41-43-46-49-52-55-58-64(67)70-61-62(71-65(68)59-56-53-50-47-44-40-24-21-18-15-12-9-6-3)60-69-63(66)57-54-51-48-45-42-39-23-20-17-14-11-8-5-2/h7,10,12,15-16,19-21,23-26,28-29,62H,4-6,8-9,11,13-14,17-18,22,27,30-61H2,1-3H3/b10-7-,15-12-,19-16-,23-20-,24-21-,26-25-,29-28-. The van der Waals surface area contributed by atoms with Gasteiger partial charge in [0.05, 0.1) is 0 Å². The van der Waals surface area contributed by atoms with Crippen LogP contribution in [0.15, 0.2) is 85.1 Å². The lowest BCUT2D eigenvalue weighted by molar-refractivity contribution is -0.167. The van der Waals surface area contributed by atoms with E-state index in [0.717, 1.165) is 122 Å². The van der Waals surface area contributed by atoms with Gasteiger partial charge in [0.15, 0.2) is 6.10 Å². The second kappa shape index (κ2) is 59.2. The SMILES string of the molecule is CC/C=C\C/C=C\C/C=C\C/C=C\CCCCCCCCCCCCCCCCC(=O)OCC(COC(=O)CCCCCCC/C=C\CCCCCC)OC(=O)CCCCCCC/C=C\C/C=C\CCC. The molecule has 0 aliphatic carbocycles. The Balaban J connectivity index is 4.23. The molecule has 0 heterocycles. The average Bonchev–Trinajstić information content (AvgIpc) is 3.37. The highest BCUT2D eigenvalue weighted by Crippen LogP contribution is 2.16. The molecule has 0 radical (unpaired) electrons. The highest BCUT2D eigenvalue weighted by molar-refractivity contribution is 5.71. The van der Waals surface area contributed by atoms with Crippen molar-refractivity contribution in [2.45, 2.75) is 297 Å². The van der Waals surface area contributed by atoms with Crippen molar-refractivity contribution in [1.29, 1.82) is 0 Å². The van der Waals surface area contributed by atoms with Gasteiger partial charge in [-0.25, -0.2) is 0 Å². The smallest absolute Gasteiger partial charge is 0.306 e. The summed E-state index contributed by atoms with van der Waals surface area (Å²) in [6.07, 6.45) is 77.3. The van der Waals surface area contributed by atoms with Crippen LogP contribution in [-0.4, -0.2) is 37.2 Å². The Hall–Kier alpha value is -3.41. The maximum atomic E-state index is 12.8. The van der Waals surface area contributed by atoms with E-state index in [0.29, 0.717) is 19.3 Å². The van der Waals surface area contributed by atoms with Crippen molar-refractivity contribution in [3.8, 4) is 0 Å². The molecular weight excluding hydrogens is 877 g/mol. The van der Waals surface area contributed by atoms with Crippen LogP contribution >= 0.6 is 0 Å². The highest BCUT2D eigenvalue weighted by atomic mass is 16.6. The first kappa shape index (κ1) is 67.6. The normalized spacial score (nSPS) is 12.7. The van der Waals surface area contributed by atoms with Crippen LogP contribution in [0, 0.1) is 0 Å². The van der Waals surface area contributed by atoms with E-state index in [9.17, 15) is 14.4 Å². The van der Waals surface area contributed by atoms with Crippen LogP contribution in [0.5, 0.6) is 0 Å². The van der Waals surface area contributed by atoms with Crippen molar-refractivity contribution < 1.29 is 28.6 Å². The van der Waals surface area contributed by atoms with E-state index in [4.69, 9.17) is 14.2 Å². The molecule has 0 aliphatic rings. The number of hydrogen-bond acceptors (Lipinski definition) is 6. The minimum atomic E-state index is -0.786. The fraction of sp³-hybridized carbons (Fsp3) is 0.738. The Morgan fingerprint density at radius 1 is 0.296 bits per heavy atom. The summed E-state index contributed by atoms with van der Waals surface area (Å²) < 4.78 is 16.9. The van der Waals surface area contributed by atoms with Crippen molar-refractivity contribution in [2.75, 3.05) is 13.2 Å². The van der Waals surface area contributed by atoms with E-state index in [-0.39, 0.29) is 31.1 Å². The third-order valence-corrected chi connectivity index (χ3v) is 12.8. The molecular formula is C65H112O6. The summed E-state index contributed by atoms with van der Waals surface area (Å²) in [7, 11) is 0. The Kier molecular flexibility index (Phi) is 56.3. The zero-order chi connectivity index (χ0) is 51.4. The molecule has 1 atom stereocenters. The highest BCUT2D eigenvalue weighted by Gasteiger charge is 2.19. The van der Waals surface area contributed by atoms with E-state index in [1.54, 1.807) is 0 Å². The molecule has 0 aromatic rings. The summed E-state index contributed by atoms with van der Waals surface area (Å²) in [6, 6.07) is 0. The van der Waals surface area contributed by atoms with E-state index in [1.165, 1.54) is 128 Å². The topological polar surface area (TPSA) is 78.9 Å². The number of carbonyl (C=O) groups excluding carboxylic acids is 3. The third kappa shape index (κ3) is 57.4. The van der Waals surface area contributed by atoms with Crippen LogP contribution in [-0.2, 0) is 28.6 Å². The van der Waals surface area contributed by atoms with Crippen LogP contribution in [0.4, 0.5) is 0 Å².